The average Bonchev–Trinajstić information content (AvgIpc) is 3.23. The molecule has 0 radical (unpaired) electrons. The van der Waals surface area contributed by atoms with Gasteiger partial charge in [0.15, 0.2) is 5.71 Å². The van der Waals surface area contributed by atoms with E-state index in [2.05, 4.69) is 45.7 Å². The number of aliphatic hydroxyl groups excluding tert-OH is 1. The molecule has 186 valence electrons. The molecule has 0 fully saturated rings. The molecule has 1 atom stereocenters. The summed E-state index contributed by atoms with van der Waals surface area (Å²) in [5.74, 6) is 0.463. The summed E-state index contributed by atoms with van der Waals surface area (Å²) < 4.78 is 6.21. The maximum absolute atomic E-state index is 11.6. The molecule has 1 unspecified atom stereocenters. The first-order chi connectivity index (χ1) is 16.7. The summed E-state index contributed by atoms with van der Waals surface area (Å²) in [6.45, 7) is 13.0. The number of ether oxygens (including phenoxy) is 1. The molecule has 0 aliphatic carbocycles. The molecule has 0 saturated carbocycles. The van der Waals surface area contributed by atoms with Crippen molar-refractivity contribution < 1.29 is 14.6 Å². The zero-order valence-electron chi connectivity index (χ0n) is 20.6. The van der Waals surface area contributed by atoms with E-state index < -0.39 is 18.0 Å². The van der Waals surface area contributed by atoms with Crippen LogP contribution in [0.4, 0.5) is 17.1 Å². The normalized spacial score (nSPS) is 13.0. The van der Waals surface area contributed by atoms with Gasteiger partial charge in [0, 0.05) is 24.8 Å². The highest BCUT2D eigenvalue weighted by Gasteiger charge is 2.20. The summed E-state index contributed by atoms with van der Waals surface area (Å²) in [5, 5.41) is 34.1. The van der Waals surface area contributed by atoms with Crippen molar-refractivity contribution in [2.24, 2.45) is 0 Å². The summed E-state index contributed by atoms with van der Waals surface area (Å²) in [5.41, 5.74) is 3.66. The van der Waals surface area contributed by atoms with Gasteiger partial charge in [-0.15, -0.1) is 0 Å². The maximum Gasteiger partial charge on any atom is 0.283 e. The summed E-state index contributed by atoms with van der Waals surface area (Å²) in [6, 6.07) is 11.0. The number of hydrogen-bond donors (Lipinski definition) is 5. The summed E-state index contributed by atoms with van der Waals surface area (Å²) in [6.07, 6.45) is -1.45. The van der Waals surface area contributed by atoms with Gasteiger partial charge < -0.3 is 35.6 Å². The van der Waals surface area contributed by atoms with Crippen LogP contribution in [0, 0.1) is 30.6 Å². The van der Waals surface area contributed by atoms with E-state index in [0.717, 1.165) is 61.1 Å². The number of aliphatic hydroxyl groups is 1. The number of fused-ring (bicyclic) bond motifs is 1. The van der Waals surface area contributed by atoms with Gasteiger partial charge in [-0.25, -0.2) is 0 Å². The number of rotatable bonds is 11. The van der Waals surface area contributed by atoms with Crippen LogP contribution >= 0.6 is 0 Å². The Balaban J connectivity index is 1.66. The molecule has 1 aliphatic rings. The molecule has 10 nitrogen and oxygen atoms in total. The number of benzene rings is 2. The monoisotopic (exact) mass is 479 g/mol. The number of likely N-dealkylation sites (N-methyl/N-ethyl adjacent to an activating group) is 1. The van der Waals surface area contributed by atoms with Crippen LogP contribution in [0.25, 0.3) is 0 Å². The minimum absolute atomic E-state index is 0.558. The number of aryl methyl sites for hydroxylation is 2. The lowest BCUT2D eigenvalue weighted by Crippen LogP contribution is -2.43. The van der Waals surface area contributed by atoms with Gasteiger partial charge in [-0.2, -0.15) is 5.26 Å². The molecule has 1 aliphatic heterocycles. The Morgan fingerprint density at radius 2 is 1.97 bits per heavy atom. The standard InChI is InChI=1S/C25H33N7O3/c1-5-31(6-2)9-10-32-15-28-21-13-19(7-8-22(21)32)35-23-16(3)11-18(12-17(23)4)29-25(34)30-24(33)20(27)14-26/h7-8,11-13,25,27-29,34H,5-6,9-10,15H2,1-4H3,(H,30,33). The van der Waals surface area contributed by atoms with Gasteiger partial charge in [0.25, 0.3) is 5.91 Å². The number of nitrogens with one attached hydrogen (secondary N) is 4. The van der Waals surface area contributed by atoms with Crippen molar-refractivity contribution in [2.75, 3.05) is 48.4 Å². The van der Waals surface area contributed by atoms with E-state index in [9.17, 15) is 9.90 Å². The minimum Gasteiger partial charge on any atom is -0.457 e. The highest BCUT2D eigenvalue weighted by molar-refractivity contribution is 6.43. The van der Waals surface area contributed by atoms with Crippen molar-refractivity contribution in [3.05, 3.63) is 41.5 Å². The fourth-order valence-corrected chi connectivity index (χ4v) is 4.02. The highest BCUT2D eigenvalue weighted by Crippen LogP contribution is 2.37. The number of carbonyl (C=O) groups is 1. The van der Waals surface area contributed by atoms with Gasteiger partial charge >= 0.3 is 0 Å². The van der Waals surface area contributed by atoms with E-state index in [1.54, 1.807) is 12.1 Å². The van der Waals surface area contributed by atoms with Crippen LogP contribution in [-0.2, 0) is 4.79 Å². The van der Waals surface area contributed by atoms with Crippen molar-refractivity contribution in [2.45, 2.75) is 34.0 Å². The average molecular weight is 480 g/mol. The molecule has 2 aromatic carbocycles. The van der Waals surface area contributed by atoms with E-state index in [4.69, 9.17) is 15.4 Å². The van der Waals surface area contributed by atoms with E-state index >= 15 is 0 Å². The first kappa shape index (κ1) is 25.8. The summed E-state index contributed by atoms with van der Waals surface area (Å²) in [7, 11) is 0. The zero-order valence-corrected chi connectivity index (χ0v) is 20.6. The Morgan fingerprint density at radius 3 is 2.60 bits per heavy atom. The quantitative estimate of drug-likeness (QED) is 0.245. The van der Waals surface area contributed by atoms with Gasteiger partial charge in [0.1, 0.15) is 17.6 Å². The lowest BCUT2D eigenvalue weighted by molar-refractivity contribution is -0.117. The molecule has 35 heavy (non-hydrogen) atoms. The second kappa shape index (κ2) is 11.6. The SMILES string of the molecule is CCN(CC)CCN1CNc2cc(Oc3c(C)cc(NC(O)NC(=O)C(=N)C#N)cc3C)ccc21. The predicted octanol–water partition coefficient (Wildman–Crippen LogP) is 2.97. The van der Waals surface area contributed by atoms with E-state index in [-0.39, 0.29) is 0 Å². The molecule has 10 heteroatoms. The Hall–Kier alpha value is -3.81. The van der Waals surface area contributed by atoms with Gasteiger partial charge in [-0.1, -0.05) is 13.8 Å². The molecule has 0 bridgehead atoms. The third-order valence-corrected chi connectivity index (χ3v) is 5.94. The molecule has 5 N–H and O–H groups in total. The number of anilines is 3. The molecule has 2 aromatic rings. The number of carbonyl (C=O) groups excluding carboxylic acids is 1. The molecule has 1 amide bonds. The largest absolute Gasteiger partial charge is 0.457 e. The van der Waals surface area contributed by atoms with Crippen LogP contribution in [-0.4, -0.2) is 60.8 Å². The molecular formula is C25H33N7O3. The van der Waals surface area contributed by atoms with Crippen molar-refractivity contribution in [1.82, 2.24) is 10.2 Å². The summed E-state index contributed by atoms with van der Waals surface area (Å²) in [4.78, 5) is 16.3. The van der Waals surface area contributed by atoms with Crippen molar-refractivity contribution in [1.29, 1.82) is 10.7 Å². The predicted molar refractivity (Wildman–Crippen MR) is 137 cm³/mol. The topological polar surface area (TPSA) is 137 Å². The van der Waals surface area contributed by atoms with Crippen LogP contribution in [0.5, 0.6) is 11.5 Å². The molecule has 0 saturated heterocycles. The van der Waals surface area contributed by atoms with Crippen molar-refractivity contribution in [3.63, 3.8) is 0 Å². The van der Waals surface area contributed by atoms with Gasteiger partial charge in [-0.3, -0.25) is 10.2 Å². The van der Waals surface area contributed by atoms with E-state index in [1.807, 2.05) is 26.0 Å². The van der Waals surface area contributed by atoms with Crippen LogP contribution in [0.1, 0.15) is 25.0 Å². The van der Waals surface area contributed by atoms with Crippen molar-refractivity contribution in [3.8, 4) is 17.6 Å². The van der Waals surface area contributed by atoms with E-state index in [1.165, 1.54) is 6.07 Å². The Labute approximate surface area is 206 Å². The Morgan fingerprint density at radius 1 is 1.29 bits per heavy atom. The number of nitriles is 1. The smallest absolute Gasteiger partial charge is 0.283 e. The van der Waals surface area contributed by atoms with Crippen LogP contribution < -0.4 is 25.6 Å². The highest BCUT2D eigenvalue weighted by atomic mass is 16.5. The molecule has 0 aromatic heterocycles. The van der Waals surface area contributed by atoms with Crippen LogP contribution in [0.3, 0.4) is 0 Å². The molecule has 0 spiro atoms. The zero-order chi connectivity index (χ0) is 25.5. The Bertz CT molecular complexity index is 1100. The number of nitrogens with zero attached hydrogens (tertiary/aromatic N) is 3. The van der Waals surface area contributed by atoms with Gasteiger partial charge in [-0.05, 0) is 62.3 Å². The van der Waals surface area contributed by atoms with Gasteiger partial charge in [0.05, 0.1) is 18.0 Å². The van der Waals surface area contributed by atoms with E-state index in [0.29, 0.717) is 11.4 Å². The van der Waals surface area contributed by atoms with Crippen molar-refractivity contribution >= 4 is 28.7 Å². The summed E-state index contributed by atoms with van der Waals surface area (Å²) >= 11 is 0. The first-order valence-electron chi connectivity index (χ1n) is 11.6. The fraction of sp³-hybridized carbons (Fsp3) is 0.400. The Kier molecular flexibility index (Phi) is 8.52. The molecule has 1 heterocycles. The fourth-order valence-electron chi connectivity index (χ4n) is 4.02. The minimum atomic E-state index is -1.45. The molecule has 3 rings (SSSR count). The number of amides is 1. The second-order valence-corrected chi connectivity index (χ2v) is 8.35. The van der Waals surface area contributed by atoms with Gasteiger partial charge in [0.2, 0.25) is 6.35 Å². The lowest BCUT2D eigenvalue weighted by Gasteiger charge is -2.24. The lowest BCUT2D eigenvalue weighted by atomic mass is 10.1. The first-order valence-corrected chi connectivity index (χ1v) is 11.6. The van der Waals surface area contributed by atoms with Crippen LogP contribution in [0.15, 0.2) is 30.3 Å². The molecular weight excluding hydrogens is 446 g/mol. The van der Waals surface area contributed by atoms with Crippen LogP contribution in [0.2, 0.25) is 0 Å². The maximum atomic E-state index is 11.6. The second-order valence-electron chi connectivity index (χ2n) is 8.35. The third kappa shape index (κ3) is 6.41. The number of hydrogen-bond acceptors (Lipinski definition) is 9. The third-order valence-electron chi connectivity index (χ3n) is 5.94.